The van der Waals surface area contributed by atoms with Crippen molar-refractivity contribution in [2.24, 2.45) is 5.41 Å². The largest absolute Gasteiger partial charge is 0.350 e. The number of amides is 1. The van der Waals surface area contributed by atoms with Crippen LogP contribution in [0.15, 0.2) is 0 Å². The SMILES string of the molecule is CCN1CCC2(CNC(=O)C2(F)F)C1.Cl. The average Bonchev–Trinajstić information content (AvgIpc) is 2.66. The Morgan fingerprint density at radius 2 is 2.20 bits per heavy atom. The first kappa shape index (κ1) is 12.6. The van der Waals surface area contributed by atoms with Crippen LogP contribution in [0.1, 0.15) is 13.3 Å². The van der Waals surface area contributed by atoms with E-state index in [1.54, 1.807) is 0 Å². The third kappa shape index (κ3) is 1.61. The minimum atomic E-state index is -3.18. The van der Waals surface area contributed by atoms with Gasteiger partial charge < -0.3 is 10.2 Å². The van der Waals surface area contributed by atoms with Crippen LogP contribution in [-0.2, 0) is 4.79 Å². The lowest BCUT2D eigenvalue weighted by Crippen LogP contribution is -2.44. The van der Waals surface area contributed by atoms with E-state index in [2.05, 4.69) is 5.32 Å². The number of carbonyl (C=O) groups is 1. The minimum absolute atomic E-state index is 0. The van der Waals surface area contributed by atoms with Gasteiger partial charge >= 0.3 is 5.92 Å². The maximum atomic E-state index is 13.6. The summed E-state index contributed by atoms with van der Waals surface area (Å²) < 4.78 is 27.1. The van der Waals surface area contributed by atoms with E-state index in [-0.39, 0.29) is 19.0 Å². The normalized spacial score (nSPS) is 34.2. The number of carbonyl (C=O) groups excluding carboxylic acids is 1. The zero-order chi connectivity index (χ0) is 10.4. The molecule has 15 heavy (non-hydrogen) atoms. The molecule has 88 valence electrons. The van der Waals surface area contributed by atoms with Crippen molar-refractivity contribution in [2.45, 2.75) is 19.3 Å². The van der Waals surface area contributed by atoms with Gasteiger partial charge in [0.1, 0.15) is 0 Å². The van der Waals surface area contributed by atoms with Crippen LogP contribution >= 0.6 is 12.4 Å². The third-order valence-corrected chi connectivity index (χ3v) is 3.42. The van der Waals surface area contributed by atoms with Gasteiger partial charge in [-0.25, -0.2) is 0 Å². The lowest BCUT2D eigenvalue weighted by molar-refractivity contribution is -0.152. The van der Waals surface area contributed by atoms with Crippen molar-refractivity contribution in [2.75, 3.05) is 26.2 Å². The Morgan fingerprint density at radius 1 is 1.53 bits per heavy atom. The molecular formula is C9H15ClF2N2O. The number of hydrogen-bond acceptors (Lipinski definition) is 2. The van der Waals surface area contributed by atoms with E-state index in [1.165, 1.54) is 0 Å². The van der Waals surface area contributed by atoms with Gasteiger partial charge in [0.2, 0.25) is 0 Å². The Bertz CT molecular complexity index is 275. The maximum Gasteiger partial charge on any atom is 0.332 e. The number of rotatable bonds is 1. The van der Waals surface area contributed by atoms with Crippen LogP contribution in [0.5, 0.6) is 0 Å². The number of halogens is 3. The molecule has 0 radical (unpaired) electrons. The van der Waals surface area contributed by atoms with Crippen LogP contribution in [0, 0.1) is 5.41 Å². The fraction of sp³-hybridized carbons (Fsp3) is 0.889. The smallest absolute Gasteiger partial charge is 0.332 e. The van der Waals surface area contributed by atoms with Crippen molar-refractivity contribution < 1.29 is 13.6 Å². The van der Waals surface area contributed by atoms with Gasteiger partial charge in [-0.2, -0.15) is 8.78 Å². The average molecular weight is 241 g/mol. The van der Waals surface area contributed by atoms with E-state index >= 15 is 0 Å². The lowest BCUT2D eigenvalue weighted by Gasteiger charge is -2.27. The quantitative estimate of drug-likeness (QED) is 0.738. The molecule has 0 aromatic rings. The molecule has 6 heteroatoms. The molecule has 1 amide bonds. The summed E-state index contributed by atoms with van der Waals surface area (Å²) in [6.07, 6.45) is 0.409. The maximum absolute atomic E-state index is 13.6. The first-order valence-corrected chi connectivity index (χ1v) is 4.90. The van der Waals surface area contributed by atoms with E-state index in [9.17, 15) is 13.6 Å². The number of hydrogen-bond donors (Lipinski definition) is 1. The number of nitrogens with one attached hydrogen (secondary N) is 1. The second-order valence-electron chi connectivity index (χ2n) is 4.16. The van der Waals surface area contributed by atoms with Gasteiger partial charge in [0.15, 0.2) is 0 Å². The molecule has 1 atom stereocenters. The van der Waals surface area contributed by atoms with Gasteiger partial charge in [-0.15, -0.1) is 12.4 Å². The van der Waals surface area contributed by atoms with Crippen molar-refractivity contribution in [3.63, 3.8) is 0 Å². The van der Waals surface area contributed by atoms with Crippen molar-refractivity contribution >= 4 is 18.3 Å². The molecule has 3 nitrogen and oxygen atoms in total. The van der Waals surface area contributed by atoms with Gasteiger partial charge in [-0.3, -0.25) is 4.79 Å². The van der Waals surface area contributed by atoms with E-state index in [0.717, 1.165) is 6.54 Å². The van der Waals surface area contributed by atoms with Crippen LogP contribution < -0.4 is 5.32 Å². The lowest BCUT2D eigenvalue weighted by atomic mass is 9.83. The monoisotopic (exact) mass is 240 g/mol. The van der Waals surface area contributed by atoms with Crippen molar-refractivity contribution in [3.8, 4) is 0 Å². The zero-order valence-electron chi connectivity index (χ0n) is 8.56. The standard InChI is InChI=1S/C9H14F2N2O.ClH/c1-2-13-4-3-8(6-13)5-12-7(14)9(8,10)11;/h2-6H2,1H3,(H,12,14);1H. The summed E-state index contributed by atoms with van der Waals surface area (Å²) in [5.74, 6) is -4.29. The van der Waals surface area contributed by atoms with Crippen LogP contribution in [0.25, 0.3) is 0 Å². The molecule has 2 aliphatic rings. The number of nitrogens with zero attached hydrogens (tertiary/aromatic N) is 1. The van der Waals surface area contributed by atoms with Gasteiger partial charge in [-0.1, -0.05) is 6.92 Å². The van der Waals surface area contributed by atoms with Gasteiger partial charge in [-0.05, 0) is 19.5 Å². The Kier molecular flexibility index (Phi) is 3.26. The van der Waals surface area contributed by atoms with Crippen LogP contribution in [-0.4, -0.2) is 42.9 Å². The second kappa shape index (κ2) is 3.87. The van der Waals surface area contributed by atoms with Crippen molar-refractivity contribution in [1.29, 1.82) is 0 Å². The number of likely N-dealkylation sites (tertiary alicyclic amines) is 1. The molecule has 1 unspecified atom stereocenters. The Hall–Kier alpha value is -0.420. The summed E-state index contributed by atoms with van der Waals surface area (Å²) in [4.78, 5) is 12.9. The highest BCUT2D eigenvalue weighted by atomic mass is 35.5. The topological polar surface area (TPSA) is 32.3 Å². The Labute approximate surface area is 93.6 Å². The first-order valence-electron chi connectivity index (χ1n) is 4.90. The van der Waals surface area contributed by atoms with Crippen molar-refractivity contribution in [1.82, 2.24) is 10.2 Å². The van der Waals surface area contributed by atoms with E-state index in [0.29, 0.717) is 19.5 Å². The molecular weight excluding hydrogens is 226 g/mol. The highest BCUT2D eigenvalue weighted by molar-refractivity contribution is 5.87. The summed E-state index contributed by atoms with van der Waals surface area (Å²) >= 11 is 0. The number of alkyl halides is 2. The van der Waals surface area contributed by atoms with Gasteiger partial charge in [0.25, 0.3) is 5.91 Å². The van der Waals surface area contributed by atoms with E-state index in [4.69, 9.17) is 0 Å². The zero-order valence-corrected chi connectivity index (χ0v) is 9.37. The first-order chi connectivity index (χ1) is 6.52. The molecule has 0 aliphatic carbocycles. The molecule has 0 saturated carbocycles. The summed E-state index contributed by atoms with van der Waals surface area (Å²) in [5.41, 5.74) is -1.14. The predicted molar refractivity (Wildman–Crippen MR) is 54.4 cm³/mol. The van der Waals surface area contributed by atoms with Crippen LogP contribution in [0.2, 0.25) is 0 Å². The fourth-order valence-electron chi connectivity index (χ4n) is 2.34. The van der Waals surface area contributed by atoms with Crippen molar-refractivity contribution in [3.05, 3.63) is 0 Å². The van der Waals surface area contributed by atoms with Gasteiger partial charge in [0.05, 0.1) is 5.41 Å². The van der Waals surface area contributed by atoms with Crippen LogP contribution in [0.4, 0.5) is 8.78 Å². The van der Waals surface area contributed by atoms with Gasteiger partial charge in [0, 0.05) is 13.1 Å². The summed E-state index contributed by atoms with van der Waals surface area (Å²) in [7, 11) is 0. The molecule has 1 N–H and O–H groups in total. The highest BCUT2D eigenvalue weighted by Gasteiger charge is 2.65. The Morgan fingerprint density at radius 3 is 2.60 bits per heavy atom. The second-order valence-corrected chi connectivity index (χ2v) is 4.16. The fourth-order valence-corrected chi connectivity index (χ4v) is 2.34. The molecule has 2 aliphatic heterocycles. The summed E-state index contributed by atoms with van der Waals surface area (Å²) in [6, 6.07) is 0. The van der Waals surface area contributed by atoms with E-state index < -0.39 is 17.2 Å². The highest BCUT2D eigenvalue weighted by Crippen LogP contribution is 2.47. The summed E-state index contributed by atoms with van der Waals surface area (Å²) in [5, 5.41) is 2.27. The van der Waals surface area contributed by atoms with E-state index in [1.807, 2.05) is 11.8 Å². The van der Waals surface area contributed by atoms with Crippen LogP contribution in [0.3, 0.4) is 0 Å². The molecule has 2 rings (SSSR count). The predicted octanol–water partition coefficient (Wildman–Crippen LogP) is 0.885. The molecule has 0 aromatic carbocycles. The Balaban J connectivity index is 0.00000112. The summed E-state index contributed by atoms with van der Waals surface area (Å²) in [6.45, 7) is 3.83. The molecule has 0 aromatic heterocycles. The molecule has 1 spiro atoms. The molecule has 0 bridgehead atoms. The molecule has 2 fully saturated rings. The third-order valence-electron chi connectivity index (χ3n) is 3.42. The minimum Gasteiger partial charge on any atom is -0.350 e. The molecule has 2 saturated heterocycles. The molecule has 2 heterocycles.